The van der Waals surface area contributed by atoms with Crippen molar-refractivity contribution in [2.24, 2.45) is 0 Å². The molecule has 2 aromatic carbocycles. The van der Waals surface area contributed by atoms with E-state index < -0.39 is 29.3 Å². The lowest BCUT2D eigenvalue weighted by molar-refractivity contribution is -0.128. The molecule has 1 saturated heterocycles. The highest BCUT2D eigenvalue weighted by molar-refractivity contribution is 6.05. The molecule has 1 N–H and O–H groups in total. The molecule has 47 heavy (non-hydrogen) atoms. The number of nitrogens with one attached hydrogen (secondary N) is 1. The molecule has 1 fully saturated rings. The van der Waals surface area contributed by atoms with Crippen molar-refractivity contribution in [3.63, 3.8) is 0 Å². The summed E-state index contributed by atoms with van der Waals surface area (Å²) in [7, 11) is 3.14. The van der Waals surface area contributed by atoms with Gasteiger partial charge >= 0.3 is 6.09 Å². The number of H-pyrrole nitrogens is 1. The maximum atomic E-state index is 16.3. The first kappa shape index (κ1) is 33.9. The summed E-state index contributed by atoms with van der Waals surface area (Å²) in [6, 6.07) is 7.85. The second-order valence-electron chi connectivity index (χ2n) is 13.5. The summed E-state index contributed by atoms with van der Waals surface area (Å²) in [5.41, 5.74) is 1.10. The molecule has 2 aliphatic rings. The largest absolute Gasteiger partial charge is 0.444 e. The van der Waals surface area contributed by atoms with Crippen LogP contribution in [0.1, 0.15) is 62.7 Å². The lowest BCUT2D eigenvalue weighted by Gasteiger charge is -2.37. The normalized spacial score (nSPS) is 16.0. The molecule has 3 amide bonds. The van der Waals surface area contributed by atoms with Crippen molar-refractivity contribution in [1.29, 1.82) is 0 Å². The van der Waals surface area contributed by atoms with Crippen molar-refractivity contribution < 1.29 is 32.3 Å². The van der Waals surface area contributed by atoms with Crippen LogP contribution in [-0.4, -0.2) is 96.6 Å². The van der Waals surface area contributed by atoms with Crippen molar-refractivity contribution in [2.45, 2.75) is 52.6 Å². The molecule has 0 radical (unpaired) electrons. The average Bonchev–Trinajstić information content (AvgIpc) is 3.45. The highest BCUT2D eigenvalue weighted by Crippen LogP contribution is 2.43. The Balaban J connectivity index is 1.59. The summed E-state index contributed by atoms with van der Waals surface area (Å²) in [6.45, 7) is 9.93. The Kier molecular flexibility index (Phi) is 9.09. The lowest BCUT2D eigenvalue weighted by atomic mass is 9.89. The van der Waals surface area contributed by atoms with Crippen LogP contribution in [0.2, 0.25) is 0 Å². The van der Waals surface area contributed by atoms with Gasteiger partial charge in [0.1, 0.15) is 11.3 Å². The first-order valence-corrected chi connectivity index (χ1v) is 15.7. The number of aromatic nitrogens is 1. The number of hydrogen-bond donors (Lipinski definition) is 1. The lowest BCUT2D eigenvalue weighted by Crippen LogP contribution is -2.50. The van der Waals surface area contributed by atoms with E-state index in [1.165, 1.54) is 24.0 Å². The fourth-order valence-corrected chi connectivity index (χ4v) is 6.08. The fraction of sp³-hybridized carbons (Fsp3) is 0.457. The minimum Gasteiger partial charge on any atom is -0.444 e. The van der Waals surface area contributed by atoms with E-state index in [1.807, 2.05) is 11.0 Å². The van der Waals surface area contributed by atoms with Crippen LogP contribution in [-0.2, 0) is 15.5 Å². The number of anilines is 1. The van der Waals surface area contributed by atoms with Crippen molar-refractivity contribution in [1.82, 2.24) is 19.7 Å². The molecule has 3 heterocycles. The fourth-order valence-electron chi connectivity index (χ4n) is 6.08. The zero-order valence-corrected chi connectivity index (χ0v) is 28.0. The van der Waals surface area contributed by atoms with Gasteiger partial charge in [0.25, 0.3) is 11.8 Å². The quantitative estimate of drug-likeness (QED) is 0.341. The second kappa shape index (κ2) is 12.6. The first-order chi connectivity index (χ1) is 21.9. The van der Waals surface area contributed by atoms with Crippen molar-refractivity contribution in [3.05, 3.63) is 59.0 Å². The van der Waals surface area contributed by atoms with Gasteiger partial charge in [-0.2, -0.15) is 0 Å². The molecule has 3 aromatic rings. The van der Waals surface area contributed by atoms with Crippen LogP contribution in [0.25, 0.3) is 27.6 Å². The molecule has 0 unspecified atom stereocenters. The molecular weight excluding hydrogens is 611 g/mol. The molecule has 12 heteroatoms. The number of ether oxygens (including phenoxy) is 1. The van der Waals surface area contributed by atoms with Crippen molar-refractivity contribution in [2.75, 3.05) is 58.3 Å². The maximum absolute atomic E-state index is 16.3. The van der Waals surface area contributed by atoms with E-state index >= 15 is 13.2 Å². The summed E-state index contributed by atoms with van der Waals surface area (Å²) in [4.78, 5) is 47.1. The van der Waals surface area contributed by atoms with Crippen LogP contribution in [0.15, 0.2) is 36.4 Å². The molecule has 0 saturated carbocycles. The Bertz CT molecular complexity index is 1740. The van der Waals surface area contributed by atoms with Gasteiger partial charge in [-0.05, 0) is 68.2 Å². The van der Waals surface area contributed by atoms with E-state index in [-0.39, 0.29) is 40.4 Å². The minimum absolute atomic E-state index is 0.0243. The Hall–Kier alpha value is -4.48. The molecule has 9 nitrogen and oxygen atoms in total. The molecular formula is C35H42F3N5O4. The summed E-state index contributed by atoms with van der Waals surface area (Å²) in [5, 5.41) is 0.292. The summed E-state index contributed by atoms with van der Waals surface area (Å²) >= 11 is 0. The van der Waals surface area contributed by atoms with Crippen molar-refractivity contribution in [3.8, 4) is 11.1 Å². The molecule has 1 aromatic heterocycles. The smallest absolute Gasteiger partial charge is 0.410 e. The van der Waals surface area contributed by atoms with Crippen LogP contribution in [0.4, 0.5) is 23.7 Å². The van der Waals surface area contributed by atoms with Gasteiger partial charge in [0, 0.05) is 89.4 Å². The number of halogens is 3. The van der Waals surface area contributed by atoms with E-state index in [1.54, 1.807) is 62.9 Å². The highest BCUT2D eigenvalue weighted by atomic mass is 19.3. The maximum Gasteiger partial charge on any atom is 0.410 e. The van der Waals surface area contributed by atoms with Crippen LogP contribution < -0.4 is 4.90 Å². The third-order valence-corrected chi connectivity index (χ3v) is 8.49. The number of nitrogens with zero attached hydrogens (tertiary/aromatic N) is 4. The molecule has 252 valence electrons. The topological polar surface area (TPSA) is 89.2 Å². The van der Waals surface area contributed by atoms with Gasteiger partial charge in [0.2, 0.25) is 5.91 Å². The number of rotatable bonds is 5. The molecule has 0 spiro atoms. The van der Waals surface area contributed by atoms with Crippen molar-refractivity contribution >= 4 is 40.1 Å². The molecule has 2 aliphatic heterocycles. The number of carbonyl (C=O) groups is 3. The van der Waals surface area contributed by atoms with Gasteiger partial charge in [0.15, 0.2) is 5.82 Å². The molecule has 0 aliphatic carbocycles. The number of hydrogen-bond acceptors (Lipinski definition) is 5. The van der Waals surface area contributed by atoms with E-state index in [0.717, 1.165) is 6.92 Å². The van der Waals surface area contributed by atoms with Crippen LogP contribution in [0.5, 0.6) is 0 Å². The third-order valence-electron chi connectivity index (χ3n) is 8.49. The minimum atomic E-state index is -3.28. The number of amides is 3. The summed E-state index contributed by atoms with van der Waals surface area (Å²) in [5.74, 6) is -4.44. The first-order valence-electron chi connectivity index (χ1n) is 15.7. The Morgan fingerprint density at radius 3 is 2.17 bits per heavy atom. The van der Waals surface area contributed by atoms with E-state index in [4.69, 9.17) is 4.74 Å². The van der Waals surface area contributed by atoms with Crippen LogP contribution in [0, 0.1) is 5.82 Å². The number of carbonyl (C=O) groups excluding carboxylic acids is 3. The summed E-state index contributed by atoms with van der Waals surface area (Å²) < 4.78 is 52.8. The molecule has 5 rings (SSSR count). The average molecular weight is 654 g/mol. The molecule has 0 bridgehead atoms. The Morgan fingerprint density at radius 2 is 1.57 bits per heavy atom. The Morgan fingerprint density at radius 1 is 0.894 bits per heavy atom. The number of fused-ring (bicyclic) bond motifs is 1. The standard InChI is InChI=1S/C35H42F3N5O4/c1-21(44)43-12-8-9-22(20-43)25-18-26(27-19-29(32(45)40(6)7)39-31(27)30(25)36)24-11-10-23(17-28(24)35(5,37)38)41-13-15-42(16-14-41)33(46)47-34(2,3)4/h9-11,17-19,39H,8,12-16,20H2,1-7H3. The van der Waals surface area contributed by atoms with E-state index in [2.05, 4.69) is 4.98 Å². The third kappa shape index (κ3) is 7.11. The SMILES string of the molecule is CC(=O)N1CCC=C(c2cc(-c3ccc(N4CCN(C(=O)OC(C)(C)C)CC4)cc3C(C)(F)F)c3cc(C(=O)N(C)C)[nH]c3c2F)C1. The number of aromatic amines is 1. The highest BCUT2D eigenvalue weighted by Gasteiger charge is 2.33. The van der Waals surface area contributed by atoms with Crippen LogP contribution in [0.3, 0.4) is 0 Å². The number of piperazine rings is 1. The van der Waals surface area contributed by atoms with Gasteiger partial charge in [-0.15, -0.1) is 0 Å². The Labute approximate surface area is 272 Å². The monoisotopic (exact) mass is 653 g/mol. The van der Waals surface area contributed by atoms with Crippen LogP contribution >= 0.6 is 0 Å². The van der Waals surface area contributed by atoms with Gasteiger partial charge < -0.3 is 29.3 Å². The van der Waals surface area contributed by atoms with Gasteiger partial charge in [-0.1, -0.05) is 12.1 Å². The number of benzene rings is 2. The zero-order valence-electron chi connectivity index (χ0n) is 28.0. The van der Waals surface area contributed by atoms with Gasteiger partial charge in [0.05, 0.1) is 5.52 Å². The second-order valence-corrected chi connectivity index (χ2v) is 13.5. The molecule has 0 atom stereocenters. The van der Waals surface area contributed by atoms with E-state index in [0.29, 0.717) is 61.4 Å². The predicted octanol–water partition coefficient (Wildman–Crippen LogP) is 6.48. The van der Waals surface area contributed by atoms with Gasteiger partial charge in [-0.25, -0.2) is 18.0 Å². The van der Waals surface area contributed by atoms with Gasteiger partial charge in [-0.3, -0.25) is 9.59 Å². The van der Waals surface area contributed by atoms with E-state index in [9.17, 15) is 14.4 Å². The zero-order chi connectivity index (χ0) is 34.4. The predicted molar refractivity (Wildman–Crippen MR) is 176 cm³/mol. The number of alkyl halides is 2. The summed E-state index contributed by atoms with van der Waals surface area (Å²) in [6.07, 6.45) is 1.96.